The molecule has 0 saturated carbocycles. The molecule has 0 aromatic carbocycles. The molecule has 1 amide bonds. The molecule has 0 bridgehead atoms. The minimum Gasteiger partial charge on any atom is -0.463 e. The summed E-state index contributed by atoms with van der Waals surface area (Å²) in [6.45, 7) is 6.42. The predicted octanol–water partition coefficient (Wildman–Crippen LogP) is 1.28. The Hall–Kier alpha value is -1.24. The lowest BCUT2D eigenvalue weighted by Gasteiger charge is -2.03. The quantitative estimate of drug-likeness (QED) is 0.788. The van der Waals surface area contributed by atoms with Crippen molar-refractivity contribution in [2.45, 2.75) is 26.0 Å². The molecule has 0 spiro atoms. The van der Waals surface area contributed by atoms with Crippen LogP contribution in [0.25, 0.3) is 0 Å². The second-order valence-corrected chi connectivity index (χ2v) is 4.87. The van der Waals surface area contributed by atoms with E-state index in [1.54, 1.807) is 11.8 Å². The van der Waals surface area contributed by atoms with E-state index in [2.05, 4.69) is 20.5 Å². The number of carbonyl (C=O) groups is 1. The Labute approximate surface area is 98.6 Å². The fraction of sp³-hybridized carbons (Fsp3) is 0.667. The number of thioether (sulfide) groups is 1. The number of hydrogen-bond donors (Lipinski definition) is 2. The highest BCUT2D eigenvalue weighted by Crippen LogP contribution is 2.10. The molecule has 2 N–H and O–H groups in total. The number of carbonyl (C=O) groups excluding carboxylic acids is 1. The van der Waals surface area contributed by atoms with E-state index in [9.17, 15) is 4.79 Å². The van der Waals surface area contributed by atoms with Gasteiger partial charge in [-0.25, -0.2) is 5.10 Å². The van der Waals surface area contributed by atoms with Gasteiger partial charge in [-0.05, 0) is 12.2 Å². The van der Waals surface area contributed by atoms with Crippen LogP contribution in [-0.2, 0) is 4.79 Å². The molecule has 7 heteroatoms. The molecule has 0 unspecified atom stereocenters. The van der Waals surface area contributed by atoms with E-state index >= 15 is 0 Å². The standard InChI is InChI=1S/C9H16N4O2S/c1-4-15-9-11-8(12-13-9)10-7(14)5-16-6(2)3/h6H,4-5H2,1-3H3,(H2,10,11,12,13,14). The van der Waals surface area contributed by atoms with Gasteiger partial charge in [0.05, 0.1) is 12.4 Å². The third-order valence-electron chi connectivity index (χ3n) is 1.54. The van der Waals surface area contributed by atoms with E-state index in [0.29, 0.717) is 23.6 Å². The first-order valence-electron chi connectivity index (χ1n) is 5.08. The number of H-pyrrole nitrogens is 1. The van der Waals surface area contributed by atoms with Gasteiger partial charge >= 0.3 is 6.01 Å². The topological polar surface area (TPSA) is 79.9 Å². The van der Waals surface area contributed by atoms with Crippen molar-refractivity contribution in [2.75, 3.05) is 17.7 Å². The molecular weight excluding hydrogens is 228 g/mol. The number of rotatable bonds is 6. The summed E-state index contributed by atoms with van der Waals surface area (Å²) in [4.78, 5) is 15.4. The molecule has 0 saturated heterocycles. The number of aromatic amines is 1. The van der Waals surface area contributed by atoms with Gasteiger partial charge in [-0.1, -0.05) is 13.8 Å². The average molecular weight is 244 g/mol. The van der Waals surface area contributed by atoms with E-state index < -0.39 is 0 Å². The van der Waals surface area contributed by atoms with Gasteiger partial charge in [0.15, 0.2) is 0 Å². The van der Waals surface area contributed by atoms with E-state index in [4.69, 9.17) is 4.74 Å². The van der Waals surface area contributed by atoms with Crippen molar-refractivity contribution in [2.24, 2.45) is 0 Å². The SMILES string of the molecule is CCOc1n[nH]c(NC(=O)CSC(C)C)n1. The molecule has 6 nitrogen and oxygen atoms in total. The molecule has 0 aliphatic heterocycles. The maximum Gasteiger partial charge on any atom is 0.337 e. The number of nitrogens with zero attached hydrogens (tertiary/aromatic N) is 2. The minimum absolute atomic E-state index is 0.0992. The number of anilines is 1. The monoisotopic (exact) mass is 244 g/mol. The molecule has 0 aliphatic carbocycles. The summed E-state index contributed by atoms with van der Waals surface area (Å²) >= 11 is 1.57. The Morgan fingerprint density at radius 2 is 2.38 bits per heavy atom. The second kappa shape index (κ2) is 6.37. The van der Waals surface area contributed by atoms with Crippen LogP contribution in [0.3, 0.4) is 0 Å². The molecular formula is C9H16N4O2S. The molecule has 0 fully saturated rings. The summed E-state index contributed by atoms with van der Waals surface area (Å²) in [7, 11) is 0. The van der Waals surface area contributed by atoms with Crippen molar-refractivity contribution in [3.05, 3.63) is 0 Å². The van der Waals surface area contributed by atoms with Crippen LogP contribution >= 0.6 is 11.8 Å². The molecule has 1 heterocycles. The number of aromatic nitrogens is 3. The van der Waals surface area contributed by atoms with Gasteiger partial charge < -0.3 is 4.74 Å². The smallest absolute Gasteiger partial charge is 0.337 e. The van der Waals surface area contributed by atoms with Crippen LogP contribution in [0.15, 0.2) is 0 Å². The fourth-order valence-electron chi connectivity index (χ4n) is 0.906. The molecule has 1 rings (SSSR count). The summed E-state index contributed by atoms with van der Waals surface area (Å²) in [6.07, 6.45) is 0. The molecule has 90 valence electrons. The van der Waals surface area contributed by atoms with E-state index in [1.807, 2.05) is 20.8 Å². The normalized spacial score (nSPS) is 10.5. The van der Waals surface area contributed by atoms with Gasteiger partial charge in [0.25, 0.3) is 0 Å². The van der Waals surface area contributed by atoms with Crippen molar-refractivity contribution in [3.63, 3.8) is 0 Å². The largest absolute Gasteiger partial charge is 0.463 e. The van der Waals surface area contributed by atoms with Crippen molar-refractivity contribution in [3.8, 4) is 6.01 Å². The summed E-state index contributed by atoms with van der Waals surface area (Å²) < 4.78 is 5.06. The minimum atomic E-state index is -0.0992. The average Bonchev–Trinajstić information content (AvgIpc) is 2.63. The first-order valence-corrected chi connectivity index (χ1v) is 6.13. The van der Waals surface area contributed by atoms with Crippen molar-refractivity contribution in [1.29, 1.82) is 0 Å². The van der Waals surface area contributed by atoms with Gasteiger partial charge in [0.2, 0.25) is 11.9 Å². The summed E-state index contributed by atoms with van der Waals surface area (Å²) in [5.41, 5.74) is 0. The Morgan fingerprint density at radius 1 is 1.62 bits per heavy atom. The molecule has 0 aliphatic rings. The molecule has 0 atom stereocenters. The first kappa shape index (κ1) is 12.8. The predicted molar refractivity (Wildman–Crippen MR) is 63.8 cm³/mol. The zero-order chi connectivity index (χ0) is 12.0. The van der Waals surface area contributed by atoms with E-state index in [1.165, 1.54) is 0 Å². The maximum atomic E-state index is 11.4. The zero-order valence-electron chi connectivity index (χ0n) is 9.61. The lowest BCUT2D eigenvalue weighted by molar-refractivity contribution is -0.113. The van der Waals surface area contributed by atoms with Crippen LogP contribution in [0.5, 0.6) is 6.01 Å². The molecule has 16 heavy (non-hydrogen) atoms. The van der Waals surface area contributed by atoms with Gasteiger partial charge in [-0.2, -0.15) is 4.98 Å². The van der Waals surface area contributed by atoms with Crippen LogP contribution in [0.1, 0.15) is 20.8 Å². The molecule has 1 aromatic rings. The van der Waals surface area contributed by atoms with E-state index in [0.717, 1.165) is 0 Å². The molecule has 1 aromatic heterocycles. The Kier molecular flexibility index (Phi) is 5.10. The second-order valence-electron chi connectivity index (χ2n) is 3.31. The van der Waals surface area contributed by atoms with E-state index in [-0.39, 0.29) is 11.9 Å². The van der Waals surface area contributed by atoms with Crippen LogP contribution < -0.4 is 10.1 Å². The number of amides is 1. The lowest BCUT2D eigenvalue weighted by atomic mass is 10.6. The van der Waals surface area contributed by atoms with Gasteiger partial charge in [-0.15, -0.1) is 16.9 Å². The summed E-state index contributed by atoms with van der Waals surface area (Å²) in [6, 6.07) is 0.245. The van der Waals surface area contributed by atoms with Crippen molar-refractivity contribution >= 4 is 23.6 Å². The van der Waals surface area contributed by atoms with Crippen LogP contribution in [-0.4, -0.2) is 38.7 Å². The van der Waals surface area contributed by atoms with Crippen molar-refractivity contribution in [1.82, 2.24) is 15.2 Å². The van der Waals surface area contributed by atoms with Crippen molar-refractivity contribution < 1.29 is 9.53 Å². The van der Waals surface area contributed by atoms with Crippen LogP contribution in [0.4, 0.5) is 5.95 Å². The fourth-order valence-corrected chi connectivity index (χ4v) is 1.46. The Morgan fingerprint density at radius 3 is 3.00 bits per heavy atom. The Balaban J connectivity index is 2.37. The third-order valence-corrected chi connectivity index (χ3v) is 2.64. The third kappa shape index (κ3) is 4.52. The van der Waals surface area contributed by atoms with Crippen LogP contribution in [0, 0.1) is 0 Å². The number of ether oxygens (including phenoxy) is 1. The van der Waals surface area contributed by atoms with Gasteiger partial charge in [-0.3, -0.25) is 10.1 Å². The van der Waals surface area contributed by atoms with Crippen LogP contribution in [0.2, 0.25) is 0 Å². The number of hydrogen-bond acceptors (Lipinski definition) is 5. The highest BCUT2D eigenvalue weighted by Gasteiger charge is 2.08. The summed E-state index contributed by atoms with van der Waals surface area (Å²) in [5.74, 6) is 0.623. The Bertz CT molecular complexity index is 340. The zero-order valence-corrected chi connectivity index (χ0v) is 10.4. The van der Waals surface area contributed by atoms with Gasteiger partial charge in [0, 0.05) is 0 Å². The first-order chi connectivity index (χ1) is 7.61. The highest BCUT2D eigenvalue weighted by atomic mass is 32.2. The lowest BCUT2D eigenvalue weighted by Crippen LogP contribution is -2.16. The maximum absolute atomic E-state index is 11.4. The van der Waals surface area contributed by atoms with Gasteiger partial charge in [0.1, 0.15) is 0 Å². The highest BCUT2D eigenvalue weighted by molar-refractivity contribution is 8.00. The molecule has 0 radical (unpaired) electrons. The number of nitrogens with one attached hydrogen (secondary N) is 2. The summed E-state index contributed by atoms with van der Waals surface area (Å²) in [5, 5.41) is 9.39.